The number of hydrogen-bond donors (Lipinski definition) is 0. The zero-order valence-corrected chi connectivity index (χ0v) is 12.0. The topological polar surface area (TPSA) is 34.9 Å². The molecule has 3 nitrogen and oxygen atoms in total. The van der Waals surface area contributed by atoms with E-state index in [0.29, 0.717) is 6.42 Å². The van der Waals surface area contributed by atoms with E-state index < -0.39 is 0 Å². The molecule has 0 spiro atoms. The van der Waals surface area contributed by atoms with E-state index in [2.05, 4.69) is 12.0 Å². The van der Waals surface area contributed by atoms with Gasteiger partial charge in [0.05, 0.1) is 5.69 Å². The predicted octanol–water partition coefficient (Wildman–Crippen LogP) is 4.14. The van der Waals surface area contributed by atoms with Gasteiger partial charge in [0.1, 0.15) is 5.69 Å². The van der Waals surface area contributed by atoms with Crippen LogP contribution in [0.25, 0.3) is 0 Å². The Balaban J connectivity index is 2.32. The van der Waals surface area contributed by atoms with Gasteiger partial charge in [0.2, 0.25) is 0 Å². The highest BCUT2D eigenvalue weighted by molar-refractivity contribution is 5.94. The van der Waals surface area contributed by atoms with Crippen molar-refractivity contribution < 1.29 is 4.79 Å². The maximum absolute atomic E-state index is 12.1. The molecule has 0 saturated carbocycles. The smallest absolute Gasteiger partial charge is 0.180 e. The molecule has 0 unspecified atom stereocenters. The summed E-state index contributed by atoms with van der Waals surface area (Å²) in [6.07, 6.45) is 7.99. The maximum atomic E-state index is 12.1. The fraction of sp³-hybridized carbons (Fsp3) is 0.733. The summed E-state index contributed by atoms with van der Waals surface area (Å²) in [6, 6.07) is 1.91. The molecule has 0 aliphatic heterocycles. The van der Waals surface area contributed by atoms with Crippen molar-refractivity contribution in [2.45, 2.75) is 72.3 Å². The number of Topliss-reactive ketones (excluding diaryl/α,β-unsaturated/α-hetero) is 1. The normalized spacial score (nSPS) is 10.8. The first-order valence-electron chi connectivity index (χ1n) is 7.26. The second kappa shape index (κ2) is 8.06. The van der Waals surface area contributed by atoms with E-state index >= 15 is 0 Å². The van der Waals surface area contributed by atoms with E-state index in [9.17, 15) is 4.79 Å². The van der Waals surface area contributed by atoms with Gasteiger partial charge in [0.25, 0.3) is 0 Å². The van der Waals surface area contributed by atoms with Crippen LogP contribution in [0.5, 0.6) is 0 Å². The Morgan fingerprint density at radius 2 is 1.83 bits per heavy atom. The van der Waals surface area contributed by atoms with Crippen LogP contribution in [-0.2, 0) is 6.54 Å². The van der Waals surface area contributed by atoms with Crippen LogP contribution in [0.15, 0.2) is 6.07 Å². The molecule has 0 atom stereocenters. The summed E-state index contributed by atoms with van der Waals surface area (Å²) in [5.41, 5.74) is 1.71. The summed E-state index contributed by atoms with van der Waals surface area (Å²) < 4.78 is 1.81. The zero-order chi connectivity index (χ0) is 13.4. The van der Waals surface area contributed by atoms with Crippen LogP contribution in [0.3, 0.4) is 0 Å². The summed E-state index contributed by atoms with van der Waals surface area (Å²) in [5, 5.41) is 4.31. The average Bonchev–Trinajstić information content (AvgIpc) is 2.74. The number of ketones is 1. The predicted molar refractivity (Wildman–Crippen MR) is 75.0 cm³/mol. The highest BCUT2D eigenvalue weighted by atomic mass is 16.1. The number of carbonyl (C=O) groups excluding carboxylic acids is 1. The molecule has 1 aromatic heterocycles. The quantitative estimate of drug-likeness (QED) is 0.487. The lowest BCUT2D eigenvalue weighted by molar-refractivity contribution is 0.0968. The van der Waals surface area contributed by atoms with Crippen LogP contribution < -0.4 is 0 Å². The monoisotopic (exact) mass is 250 g/mol. The van der Waals surface area contributed by atoms with Gasteiger partial charge in [-0.05, 0) is 26.3 Å². The first-order chi connectivity index (χ1) is 8.69. The van der Waals surface area contributed by atoms with Gasteiger partial charge >= 0.3 is 0 Å². The third-order valence-electron chi connectivity index (χ3n) is 3.24. The van der Waals surface area contributed by atoms with Crippen molar-refractivity contribution in [2.75, 3.05) is 0 Å². The molecule has 0 fully saturated rings. The van der Waals surface area contributed by atoms with Gasteiger partial charge < -0.3 is 0 Å². The molecule has 0 amide bonds. The molecular formula is C15H26N2O. The Kier molecular flexibility index (Phi) is 6.69. The van der Waals surface area contributed by atoms with Crippen molar-refractivity contribution >= 4 is 5.78 Å². The van der Waals surface area contributed by atoms with Crippen molar-refractivity contribution in [3.8, 4) is 0 Å². The second-order valence-corrected chi connectivity index (χ2v) is 4.93. The minimum Gasteiger partial charge on any atom is -0.292 e. The molecule has 0 bridgehead atoms. The first-order valence-corrected chi connectivity index (χ1v) is 7.26. The average molecular weight is 250 g/mol. The fourth-order valence-electron chi connectivity index (χ4n) is 2.20. The van der Waals surface area contributed by atoms with Crippen molar-refractivity contribution in [1.82, 2.24) is 9.78 Å². The molecule has 0 aliphatic carbocycles. The van der Waals surface area contributed by atoms with Gasteiger partial charge in [-0.1, -0.05) is 39.0 Å². The van der Waals surface area contributed by atoms with Gasteiger partial charge in [-0.2, -0.15) is 5.10 Å². The molecule has 0 aliphatic rings. The van der Waals surface area contributed by atoms with E-state index in [1.807, 2.05) is 24.6 Å². The van der Waals surface area contributed by atoms with Crippen LogP contribution in [0, 0.1) is 6.92 Å². The highest BCUT2D eigenvalue weighted by Gasteiger charge is 2.12. The first kappa shape index (κ1) is 14.9. The number of unbranched alkanes of at least 4 members (excludes halogenated alkanes) is 5. The van der Waals surface area contributed by atoms with Gasteiger partial charge in [-0.3, -0.25) is 9.48 Å². The van der Waals surface area contributed by atoms with Gasteiger partial charge in [-0.15, -0.1) is 0 Å². The summed E-state index contributed by atoms with van der Waals surface area (Å²) in [4.78, 5) is 12.1. The highest BCUT2D eigenvalue weighted by Crippen LogP contribution is 2.12. The minimum absolute atomic E-state index is 0.243. The molecule has 18 heavy (non-hydrogen) atoms. The van der Waals surface area contributed by atoms with Crippen molar-refractivity contribution in [3.05, 3.63) is 17.5 Å². The summed E-state index contributed by atoms with van der Waals surface area (Å²) >= 11 is 0. The third kappa shape index (κ3) is 4.63. The molecule has 1 rings (SSSR count). The van der Waals surface area contributed by atoms with Gasteiger partial charge in [-0.25, -0.2) is 0 Å². The van der Waals surface area contributed by atoms with E-state index in [4.69, 9.17) is 0 Å². The number of aryl methyl sites for hydroxylation is 2. The number of nitrogens with zero attached hydrogens (tertiary/aromatic N) is 2. The van der Waals surface area contributed by atoms with Gasteiger partial charge in [0, 0.05) is 13.0 Å². The number of aromatic nitrogens is 2. The summed E-state index contributed by atoms with van der Waals surface area (Å²) in [7, 11) is 0. The van der Waals surface area contributed by atoms with Crippen LogP contribution in [0.2, 0.25) is 0 Å². The second-order valence-electron chi connectivity index (χ2n) is 4.93. The lowest BCUT2D eigenvalue weighted by atomic mass is 10.1. The Morgan fingerprint density at radius 1 is 1.17 bits per heavy atom. The lowest BCUT2D eigenvalue weighted by Gasteiger charge is -2.03. The fourth-order valence-corrected chi connectivity index (χ4v) is 2.20. The molecule has 0 radical (unpaired) electrons. The van der Waals surface area contributed by atoms with Crippen molar-refractivity contribution in [1.29, 1.82) is 0 Å². The van der Waals surface area contributed by atoms with Crippen LogP contribution in [0.1, 0.15) is 75.0 Å². The molecule has 0 aromatic carbocycles. The van der Waals surface area contributed by atoms with Crippen molar-refractivity contribution in [3.63, 3.8) is 0 Å². The standard InChI is InChI=1S/C15H26N2O/c1-4-6-7-8-9-10-11-15(18)14-12-13(3)16-17(14)5-2/h12H,4-11H2,1-3H3. The van der Waals surface area contributed by atoms with Crippen molar-refractivity contribution in [2.24, 2.45) is 0 Å². The molecular weight excluding hydrogens is 224 g/mol. The molecule has 0 saturated heterocycles. The number of rotatable bonds is 9. The van der Waals surface area contributed by atoms with E-state index in [-0.39, 0.29) is 5.78 Å². The molecule has 1 aromatic rings. The zero-order valence-electron chi connectivity index (χ0n) is 12.0. The maximum Gasteiger partial charge on any atom is 0.180 e. The summed E-state index contributed by atoms with van der Waals surface area (Å²) in [5.74, 6) is 0.243. The summed E-state index contributed by atoms with van der Waals surface area (Å²) in [6.45, 7) is 6.95. The SMILES string of the molecule is CCCCCCCCC(=O)c1cc(C)nn1CC. The van der Waals surface area contributed by atoms with Crippen LogP contribution >= 0.6 is 0 Å². The van der Waals surface area contributed by atoms with E-state index in [1.54, 1.807) is 0 Å². The van der Waals surface area contributed by atoms with Gasteiger partial charge in [0.15, 0.2) is 5.78 Å². The largest absolute Gasteiger partial charge is 0.292 e. The number of carbonyl (C=O) groups is 1. The lowest BCUT2D eigenvalue weighted by Crippen LogP contribution is -2.09. The molecule has 3 heteroatoms. The molecule has 102 valence electrons. The third-order valence-corrected chi connectivity index (χ3v) is 3.24. The minimum atomic E-state index is 0.243. The molecule has 0 N–H and O–H groups in total. The van der Waals surface area contributed by atoms with Crippen LogP contribution in [-0.4, -0.2) is 15.6 Å². The Morgan fingerprint density at radius 3 is 2.50 bits per heavy atom. The Labute approximate surface area is 111 Å². The Bertz CT molecular complexity index is 369. The Hall–Kier alpha value is -1.12. The number of hydrogen-bond acceptors (Lipinski definition) is 2. The van der Waals surface area contributed by atoms with Crippen LogP contribution in [0.4, 0.5) is 0 Å². The van der Waals surface area contributed by atoms with E-state index in [1.165, 1.54) is 32.1 Å². The molecule has 1 heterocycles. The van der Waals surface area contributed by atoms with E-state index in [0.717, 1.165) is 24.4 Å².